The topological polar surface area (TPSA) is 61.4 Å². The van der Waals surface area contributed by atoms with E-state index in [1.165, 1.54) is 5.56 Å². The lowest BCUT2D eigenvalue weighted by Crippen LogP contribution is -2.51. The molecule has 31 heavy (non-hydrogen) atoms. The average Bonchev–Trinajstić information content (AvgIpc) is 3.25. The summed E-state index contributed by atoms with van der Waals surface area (Å²) < 4.78 is 29.3. The van der Waals surface area contributed by atoms with Crippen LogP contribution in [0.3, 0.4) is 0 Å². The highest BCUT2D eigenvalue weighted by Crippen LogP contribution is 2.26. The number of sulfonamides is 1. The predicted molar refractivity (Wildman–Crippen MR) is 124 cm³/mol. The van der Waals surface area contributed by atoms with E-state index < -0.39 is 10.0 Å². The molecule has 0 bridgehead atoms. The monoisotopic (exact) mass is 435 g/mol. The molecule has 3 aromatic rings. The van der Waals surface area contributed by atoms with E-state index in [0.717, 1.165) is 17.7 Å². The summed E-state index contributed by atoms with van der Waals surface area (Å²) in [7, 11) is -3.68. The largest absolute Gasteiger partial charge is 0.313 e. The van der Waals surface area contributed by atoms with Crippen molar-refractivity contribution in [3.63, 3.8) is 0 Å². The van der Waals surface area contributed by atoms with Crippen LogP contribution in [0.15, 0.2) is 89.8 Å². The predicted octanol–water partition coefficient (Wildman–Crippen LogP) is 3.32. The van der Waals surface area contributed by atoms with Crippen molar-refractivity contribution in [3.8, 4) is 0 Å². The van der Waals surface area contributed by atoms with Gasteiger partial charge in [-0.3, -0.25) is 0 Å². The Balaban J connectivity index is 1.64. The smallest absolute Gasteiger partial charge is 0.243 e. The average molecular weight is 436 g/mol. The third-order valence-corrected chi connectivity index (χ3v) is 7.86. The molecule has 5 nitrogen and oxygen atoms in total. The highest BCUT2D eigenvalue weighted by atomic mass is 32.2. The summed E-state index contributed by atoms with van der Waals surface area (Å²) in [6.07, 6.45) is 0. The number of hydrogen-bond donors (Lipinski definition) is 2. The Hall–Kier alpha value is -2.51. The number of rotatable bonds is 8. The first-order chi connectivity index (χ1) is 15.1. The van der Waals surface area contributed by atoms with Gasteiger partial charge in [0.25, 0.3) is 0 Å². The van der Waals surface area contributed by atoms with Crippen molar-refractivity contribution < 1.29 is 8.42 Å². The Bertz CT molecular complexity index is 1090. The summed E-state index contributed by atoms with van der Waals surface area (Å²) in [4.78, 5) is 0.375. The lowest BCUT2D eigenvalue weighted by atomic mass is 10.1. The first-order valence-electron chi connectivity index (χ1n) is 10.6. The van der Waals surface area contributed by atoms with Crippen molar-refractivity contribution in [2.24, 2.45) is 0 Å². The Morgan fingerprint density at radius 2 is 1.48 bits per heavy atom. The van der Waals surface area contributed by atoms with E-state index in [4.69, 9.17) is 0 Å². The van der Waals surface area contributed by atoms with Crippen LogP contribution < -0.4 is 10.6 Å². The highest BCUT2D eigenvalue weighted by molar-refractivity contribution is 7.89. The lowest BCUT2D eigenvalue weighted by Gasteiger charge is -2.32. The molecule has 0 spiro atoms. The van der Waals surface area contributed by atoms with Gasteiger partial charge in [0, 0.05) is 32.2 Å². The van der Waals surface area contributed by atoms with Gasteiger partial charge >= 0.3 is 0 Å². The molecular weight excluding hydrogens is 406 g/mol. The van der Waals surface area contributed by atoms with Crippen molar-refractivity contribution in [1.82, 2.24) is 14.9 Å². The Labute approximate surface area is 185 Å². The summed E-state index contributed by atoms with van der Waals surface area (Å²) in [6, 6.07) is 27.1. The van der Waals surface area contributed by atoms with Gasteiger partial charge in [-0.05, 0) is 29.7 Å². The zero-order chi connectivity index (χ0) is 21.7. The van der Waals surface area contributed by atoms with E-state index in [1.54, 1.807) is 16.4 Å². The van der Waals surface area contributed by atoms with E-state index in [-0.39, 0.29) is 12.1 Å². The molecule has 6 heteroatoms. The lowest BCUT2D eigenvalue weighted by molar-refractivity contribution is 0.285. The van der Waals surface area contributed by atoms with Gasteiger partial charge in [-0.1, -0.05) is 78.9 Å². The molecule has 2 N–H and O–H groups in total. The number of hydrogen-bond acceptors (Lipinski definition) is 4. The summed E-state index contributed by atoms with van der Waals surface area (Å²) >= 11 is 0. The van der Waals surface area contributed by atoms with Crippen LogP contribution in [0.1, 0.15) is 16.7 Å². The molecular formula is C25H29N3O2S. The molecule has 0 aromatic heterocycles. The Morgan fingerprint density at radius 1 is 0.871 bits per heavy atom. The van der Waals surface area contributed by atoms with Gasteiger partial charge in [0.15, 0.2) is 0 Å². The molecule has 0 unspecified atom stereocenters. The van der Waals surface area contributed by atoms with Crippen LogP contribution in [-0.4, -0.2) is 37.9 Å². The molecule has 4 rings (SSSR count). The van der Waals surface area contributed by atoms with Gasteiger partial charge < -0.3 is 10.6 Å². The van der Waals surface area contributed by atoms with Crippen molar-refractivity contribution in [2.45, 2.75) is 37.0 Å². The van der Waals surface area contributed by atoms with Crippen LogP contribution >= 0.6 is 0 Å². The van der Waals surface area contributed by atoms with Gasteiger partial charge in [-0.15, -0.1) is 0 Å². The second kappa shape index (κ2) is 9.75. The molecule has 1 fully saturated rings. The first kappa shape index (κ1) is 21.7. The summed E-state index contributed by atoms with van der Waals surface area (Å²) in [5, 5.41) is 6.98. The van der Waals surface area contributed by atoms with E-state index >= 15 is 0 Å². The maximum Gasteiger partial charge on any atom is 0.243 e. The van der Waals surface area contributed by atoms with Crippen molar-refractivity contribution in [1.29, 1.82) is 0 Å². The fourth-order valence-corrected chi connectivity index (χ4v) is 6.01. The third kappa shape index (κ3) is 5.05. The molecule has 1 heterocycles. The van der Waals surface area contributed by atoms with Gasteiger partial charge in [-0.2, -0.15) is 4.31 Å². The van der Waals surface area contributed by atoms with E-state index in [1.807, 2.05) is 67.6 Å². The minimum atomic E-state index is -3.68. The molecule has 0 saturated carbocycles. The van der Waals surface area contributed by atoms with E-state index in [0.29, 0.717) is 24.5 Å². The van der Waals surface area contributed by atoms with Gasteiger partial charge in [0.05, 0.1) is 10.9 Å². The van der Waals surface area contributed by atoms with Crippen molar-refractivity contribution in [2.75, 3.05) is 13.1 Å². The molecule has 1 saturated heterocycles. The molecule has 0 aliphatic carbocycles. The number of benzene rings is 3. The SMILES string of the molecule is Cc1ccccc1S(=O)(=O)N(Cc1ccccc1)[C@H]1CNC[C@@H]1NCc1ccccc1. The maximum atomic E-state index is 13.8. The standard InChI is InChI=1S/C25H29N3O2S/c1-20-10-8-9-15-25(20)31(29,30)28(19-22-13-6-3-7-14-22)24-18-26-17-23(24)27-16-21-11-4-2-5-12-21/h2-15,23-24,26-27H,16-19H2,1H3/t23-,24-/m0/s1. The molecule has 1 aliphatic rings. The van der Waals surface area contributed by atoms with E-state index in [9.17, 15) is 8.42 Å². The first-order valence-corrected chi connectivity index (χ1v) is 12.1. The molecule has 2 atom stereocenters. The minimum Gasteiger partial charge on any atom is -0.313 e. The highest BCUT2D eigenvalue weighted by Gasteiger charge is 2.39. The van der Waals surface area contributed by atoms with Crippen molar-refractivity contribution in [3.05, 3.63) is 102 Å². The van der Waals surface area contributed by atoms with Crippen molar-refractivity contribution >= 4 is 10.0 Å². The molecule has 3 aromatic carbocycles. The number of nitrogens with zero attached hydrogens (tertiary/aromatic N) is 1. The van der Waals surface area contributed by atoms with Crippen LogP contribution in [-0.2, 0) is 23.1 Å². The zero-order valence-corrected chi connectivity index (χ0v) is 18.6. The van der Waals surface area contributed by atoms with Crippen LogP contribution in [0.2, 0.25) is 0 Å². The van der Waals surface area contributed by atoms with E-state index in [2.05, 4.69) is 22.8 Å². The normalized spacial score (nSPS) is 19.0. The van der Waals surface area contributed by atoms with Crippen LogP contribution in [0.5, 0.6) is 0 Å². The van der Waals surface area contributed by atoms with Crippen LogP contribution in [0.25, 0.3) is 0 Å². The zero-order valence-electron chi connectivity index (χ0n) is 17.7. The fourth-order valence-electron chi connectivity index (χ4n) is 4.14. The molecule has 0 radical (unpaired) electrons. The molecule has 1 aliphatic heterocycles. The quantitative estimate of drug-likeness (QED) is 0.570. The van der Waals surface area contributed by atoms with Crippen LogP contribution in [0.4, 0.5) is 0 Å². The third-order valence-electron chi connectivity index (χ3n) is 5.82. The van der Waals surface area contributed by atoms with Gasteiger partial charge in [0.1, 0.15) is 0 Å². The maximum absolute atomic E-state index is 13.8. The number of nitrogens with one attached hydrogen (secondary N) is 2. The summed E-state index contributed by atoms with van der Waals surface area (Å²) in [5.41, 5.74) is 2.93. The Kier molecular flexibility index (Phi) is 6.83. The van der Waals surface area contributed by atoms with Crippen LogP contribution in [0, 0.1) is 6.92 Å². The second-order valence-corrected chi connectivity index (χ2v) is 9.86. The fraction of sp³-hybridized carbons (Fsp3) is 0.280. The summed E-state index contributed by atoms with van der Waals surface area (Å²) in [5.74, 6) is 0. The summed E-state index contributed by atoms with van der Waals surface area (Å²) in [6.45, 7) is 4.24. The molecule has 162 valence electrons. The molecule has 0 amide bonds. The Morgan fingerprint density at radius 3 is 2.16 bits per heavy atom. The minimum absolute atomic E-state index is 0.0164. The van der Waals surface area contributed by atoms with Gasteiger partial charge in [0.2, 0.25) is 10.0 Å². The number of aryl methyl sites for hydroxylation is 1. The van der Waals surface area contributed by atoms with Gasteiger partial charge in [-0.25, -0.2) is 8.42 Å². The second-order valence-electron chi connectivity index (χ2n) is 8.00.